The predicted octanol–water partition coefficient (Wildman–Crippen LogP) is 3.33. The molecule has 1 atom stereocenters. The molecule has 3 rings (SSSR count). The third-order valence-electron chi connectivity index (χ3n) is 5.27. The number of benzene rings is 1. The number of hydrogen-bond donors (Lipinski definition) is 0. The molecular weight excluding hydrogens is 316 g/mol. The number of nitro groups is 1. The summed E-state index contributed by atoms with van der Waals surface area (Å²) in [5.74, 6) is 0. The van der Waals surface area contributed by atoms with Gasteiger partial charge >= 0.3 is 0 Å². The van der Waals surface area contributed by atoms with E-state index >= 15 is 0 Å². The topological polar surface area (TPSA) is 80.5 Å². The molecule has 1 saturated heterocycles. The predicted molar refractivity (Wildman–Crippen MR) is 86.6 cm³/mol. The molecule has 0 radical (unpaired) electrons. The van der Waals surface area contributed by atoms with Crippen molar-refractivity contribution in [3.63, 3.8) is 0 Å². The quantitative estimate of drug-likeness (QED) is 0.625. The molecule has 2 fully saturated rings. The Morgan fingerprint density at radius 3 is 2.52 bits per heavy atom. The van der Waals surface area contributed by atoms with E-state index in [2.05, 4.69) is 0 Å². The first-order chi connectivity index (χ1) is 10.9. The van der Waals surface area contributed by atoms with E-state index in [-0.39, 0.29) is 22.0 Å². The molecule has 126 valence electrons. The summed E-state index contributed by atoms with van der Waals surface area (Å²) in [6.45, 7) is 2.40. The number of nitrogens with zero attached hydrogens (tertiary/aromatic N) is 2. The molecule has 2 aliphatic rings. The van der Waals surface area contributed by atoms with Crippen LogP contribution in [0.1, 0.15) is 45.4 Å². The van der Waals surface area contributed by atoms with Crippen LogP contribution in [0.25, 0.3) is 0 Å². The fraction of sp³-hybridized carbons (Fsp3) is 0.625. The van der Waals surface area contributed by atoms with Crippen LogP contribution in [-0.2, 0) is 10.0 Å². The maximum Gasteiger partial charge on any atom is 0.289 e. The van der Waals surface area contributed by atoms with Crippen molar-refractivity contribution in [3.8, 4) is 0 Å². The third kappa shape index (κ3) is 2.87. The van der Waals surface area contributed by atoms with Gasteiger partial charge in [0, 0.05) is 18.7 Å². The van der Waals surface area contributed by atoms with Crippen molar-refractivity contribution in [2.45, 2.75) is 56.4 Å². The van der Waals surface area contributed by atoms with Crippen molar-refractivity contribution in [1.29, 1.82) is 0 Å². The highest BCUT2D eigenvalue weighted by Gasteiger charge is 2.48. The van der Waals surface area contributed by atoms with Crippen molar-refractivity contribution in [3.05, 3.63) is 34.4 Å². The molecule has 1 aromatic carbocycles. The maximum absolute atomic E-state index is 13.0. The van der Waals surface area contributed by atoms with Gasteiger partial charge in [0.2, 0.25) is 10.0 Å². The lowest BCUT2D eigenvalue weighted by Crippen LogP contribution is -2.36. The summed E-state index contributed by atoms with van der Waals surface area (Å²) >= 11 is 0. The minimum absolute atomic E-state index is 0.0638. The molecular formula is C16H22N2O4S. The highest BCUT2D eigenvalue weighted by atomic mass is 32.2. The van der Waals surface area contributed by atoms with Crippen molar-refractivity contribution in [1.82, 2.24) is 4.31 Å². The summed E-state index contributed by atoms with van der Waals surface area (Å²) < 4.78 is 27.5. The Morgan fingerprint density at radius 2 is 1.87 bits per heavy atom. The molecule has 0 amide bonds. The number of rotatable bonds is 3. The fourth-order valence-electron chi connectivity index (χ4n) is 4.22. The smallest absolute Gasteiger partial charge is 0.258 e. The lowest BCUT2D eigenvalue weighted by Gasteiger charge is -2.33. The minimum Gasteiger partial charge on any atom is -0.258 e. The van der Waals surface area contributed by atoms with Crippen LogP contribution in [0.2, 0.25) is 0 Å². The van der Waals surface area contributed by atoms with Crippen LogP contribution in [0.4, 0.5) is 5.69 Å². The van der Waals surface area contributed by atoms with Gasteiger partial charge in [-0.2, -0.15) is 4.31 Å². The number of sulfonamides is 1. The Bertz CT molecular complexity index is 711. The molecule has 1 heterocycles. The van der Waals surface area contributed by atoms with E-state index in [1.54, 1.807) is 0 Å². The monoisotopic (exact) mass is 338 g/mol. The van der Waals surface area contributed by atoms with Gasteiger partial charge in [0.1, 0.15) is 0 Å². The molecule has 1 aliphatic heterocycles. The minimum atomic E-state index is -3.85. The Hall–Kier alpha value is -1.47. The molecule has 1 unspecified atom stereocenters. The summed E-state index contributed by atoms with van der Waals surface area (Å²) in [4.78, 5) is 10.4. The second-order valence-corrected chi connectivity index (χ2v) is 8.75. The normalized spacial score (nSPS) is 24.8. The van der Waals surface area contributed by atoms with Gasteiger partial charge in [-0.1, -0.05) is 31.4 Å². The summed E-state index contributed by atoms with van der Waals surface area (Å²) in [6.07, 6.45) is 6.47. The van der Waals surface area contributed by atoms with E-state index in [0.29, 0.717) is 6.54 Å². The van der Waals surface area contributed by atoms with Crippen molar-refractivity contribution in [2.75, 3.05) is 6.54 Å². The summed E-state index contributed by atoms with van der Waals surface area (Å²) in [5.41, 5.74) is -0.279. The largest absolute Gasteiger partial charge is 0.289 e. The highest BCUT2D eigenvalue weighted by Crippen LogP contribution is 2.48. The number of nitro benzene ring substituents is 1. The zero-order valence-electron chi connectivity index (χ0n) is 13.3. The standard InChI is InChI=1S/C16H22N2O4S/c1-13-11-16(9-5-2-6-10-16)12-17(13)23(21,22)15-8-4-3-7-14(15)18(19)20/h3-4,7-8,13H,2,5-6,9-12H2,1H3. The Balaban J connectivity index is 1.96. The first-order valence-corrected chi connectivity index (χ1v) is 9.55. The Morgan fingerprint density at radius 1 is 1.22 bits per heavy atom. The van der Waals surface area contributed by atoms with Gasteiger partial charge < -0.3 is 0 Å². The second-order valence-electron chi connectivity index (χ2n) is 6.89. The highest BCUT2D eigenvalue weighted by molar-refractivity contribution is 7.89. The molecule has 1 aromatic rings. The van der Waals surface area contributed by atoms with E-state index in [0.717, 1.165) is 32.1 Å². The van der Waals surface area contributed by atoms with E-state index in [1.807, 2.05) is 6.92 Å². The van der Waals surface area contributed by atoms with Crippen LogP contribution in [-0.4, -0.2) is 30.2 Å². The summed E-state index contributed by atoms with van der Waals surface area (Å²) in [5, 5.41) is 11.2. The van der Waals surface area contributed by atoms with E-state index in [4.69, 9.17) is 0 Å². The third-order valence-corrected chi connectivity index (χ3v) is 7.28. The molecule has 1 aliphatic carbocycles. The average Bonchev–Trinajstić information content (AvgIpc) is 2.84. The molecule has 1 saturated carbocycles. The zero-order valence-corrected chi connectivity index (χ0v) is 14.1. The second kappa shape index (κ2) is 5.87. The molecule has 0 aromatic heterocycles. The Labute approximate surface area is 136 Å². The lowest BCUT2D eigenvalue weighted by molar-refractivity contribution is -0.387. The van der Waals surface area contributed by atoms with Crippen molar-refractivity contribution in [2.24, 2.45) is 5.41 Å². The van der Waals surface area contributed by atoms with Gasteiger partial charge in [-0.3, -0.25) is 10.1 Å². The maximum atomic E-state index is 13.0. The van der Waals surface area contributed by atoms with Crippen LogP contribution in [0.5, 0.6) is 0 Å². The van der Waals surface area contributed by atoms with Gasteiger partial charge in [-0.15, -0.1) is 0 Å². The molecule has 0 N–H and O–H groups in total. The van der Waals surface area contributed by atoms with Crippen LogP contribution in [0.3, 0.4) is 0 Å². The first-order valence-electron chi connectivity index (χ1n) is 8.11. The molecule has 7 heteroatoms. The summed E-state index contributed by atoms with van der Waals surface area (Å²) in [7, 11) is -3.85. The zero-order chi connectivity index (χ0) is 16.7. The molecule has 23 heavy (non-hydrogen) atoms. The van der Waals surface area contributed by atoms with E-state index < -0.39 is 14.9 Å². The fourth-order valence-corrected chi connectivity index (χ4v) is 6.12. The van der Waals surface area contributed by atoms with Gasteiger partial charge in [0.25, 0.3) is 5.69 Å². The summed E-state index contributed by atoms with van der Waals surface area (Å²) in [6, 6.07) is 5.51. The number of para-hydroxylation sites is 1. The van der Waals surface area contributed by atoms with Gasteiger partial charge in [-0.25, -0.2) is 8.42 Å². The van der Waals surface area contributed by atoms with Crippen LogP contribution < -0.4 is 0 Å². The molecule has 0 bridgehead atoms. The van der Waals surface area contributed by atoms with E-state index in [9.17, 15) is 18.5 Å². The molecule has 6 nitrogen and oxygen atoms in total. The van der Waals surface area contributed by atoms with Crippen LogP contribution >= 0.6 is 0 Å². The Kier molecular flexibility index (Phi) is 4.18. The first kappa shape index (κ1) is 16.4. The SMILES string of the molecule is CC1CC2(CCCCC2)CN1S(=O)(=O)c1ccccc1[N+](=O)[O-]. The van der Waals surface area contributed by atoms with Crippen molar-refractivity contribution >= 4 is 15.7 Å². The van der Waals surface area contributed by atoms with Gasteiger partial charge in [0.15, 0.2) is 4.90 Å². The van der Waals surface area contributed by atoms with Gasteiger partial charge in [-0.05, 0) is 37.7 Å². The van der Waals surface area contributed by atoms with Crippen LogP contribution in [0.15, 0.2) is 29.2 Å². The van der Waals surface area contributed by atoms with Crippen molar-refractivity contribution < 1.29 is 13.3 Å². The van der Waals surface area contributed by atoms with E-state index in [1.165, 1.54) is 35.0 Å². The van der Waals surface area contributed by atoms with Gasteiger partial charge in [0.05, 0.1) is 4.92 Å². The number of hydrogen-bond acceptors (Lipinski definition) is 4. The van der Waals surface area contributed by atoms with Crippen LogP contribution in [0, 0.1) is 15.5 Å². The average molecular weight is 338 g/mol. The lowest BCUT2D eigenvalue weighted by atomic mass is 9.73. The molecule has 1 spiro atoms.